The number of nitrogens with one attached hydrogen (secondary N) is 1. The van der Waals surface area contributed by atoms with E-state index in [2.05, 4.69) is 5.32 Å². The minimum Gasteiger partial charge on any atom is -0.383 e. The third kappa shape index (κ3) is 1.98. The van der Waals surface area contributed by atoms with Crippen LogP contribution in [0.15, 0.2) is 29.2 Å². The lowest BCUT2D eigenvalue weighted by atomic mass is 10.3. The molecule has 0 aliphatic carbocycles. The molecular weight excluding hydrogens is 244 g/mol. The predicted molar refractivity (Wildman–Crippen MR) is 61.2 cm³/mol. The first-order valence-corrected chi connectivity index (χ1v) is 6.43. The van der Waals surface area contributed by atoms with Crippen molar-refractivity contribution < 1.29 is 17.9 Å². The van der Waals surface area contributed by atoms with Crippen molar-refractivity contribution in [1.29, 1.82) is 0 Å². The van der Waals surface area contributed by atoms with Gasteiger partial charge in [0.25, 0.3) is 10.0 Å². The van der Waals surface area contributed by atoms with Crippen LogP contribution < -0.4 is 5.32 Å². The number of rotatable bonds is 3. The number of hydrogen-bond donors (Lipinski definition) is 1. The first kappa shape index (κ1) is 11.9. The Hall–Kier alpha value is -1.60. The van der Waals surface area contributed by atoms with Crippen LogP contribution in [0, 0.1) is 0 Å². The van der Waals surface area contributed by atoms with Crippen LogP contribution in [0.4, 0.5) is 10.5 Å². The molecule has 0 saturated carbocycles. The van der Waals surface area contributed by atoms with E-state index in [0.717, 1.165) is 4.31 Å². The van der Waals surface area contributed by atoms with Gasteiger partial charge in [0, 0.05) is 7.11 Å². The first-order chi connectivity index (χ1) is 8.07. The molecule has 0 atom stereocenters. The van der Waals surface area contributed by atoms with E-state index in [1.807, 2.05) is 0 Å². The first-order valence-electron chi connectivity index (χ1n) is 4.99. The maximum atomic E-state index is 12.1. The zero-order chi connectivity index (χ0) is 12.5. The Labute approximate surface area is 99.2 Å². The molecule has 1 N–H and O–H groups in total. The van der Waals surface area contributed by atoms with Crippen molar-refractivity contribution in [3.05, 3.63) is 24.3 Å². The third-order valence-corrected chi connectivity index (χ3v) is 4.26. The van der Waals surface area contributed by atoms with Gasteiger partial charge in [-0.1, -0.05) is 12.1 Å². The van der Waals surface area contributed by atoms with Crippen LogP contribution in [0.2, 0.25) is 0 Å². The number of methoxy groups -OCH3 is 1. The quantitative estimate of drug-likeness (QED) is 0.870. The Morgan fingerprint density at radius 3 is 2.76 bits per heavy atom. The predicted octanol–water partition coefficient (Wildman–Crippen LogP) is 0.869. The van der Waals surface area contributed by atoms with Gasteiger partial charge in [-0.2, -0.15) is 0 Å². The van der Waals surface area contributed by atoms with Gasteiger partial charge in [0.1, 0.15) is 4.90 Å². The molecule has 0 spiro atoms. The van der Waals surface area contributed by atoms with Gasteiger partial charge in [0.05, 0.1) is 18.8 Å². The monoisotopic (exact) mass is 256 g/mol. The number of nitrogens with zero attached hydrogens (tertiary/aromatic N) is 1. The lowest BCUT2D eigenvalue weighted by molar-refractivity contribution is 0.178. The highest BCUT2D eigenvalue weighted by atomic mass is 32.2. The fourth-order valence-corrected chi connectivity index (χ4v) is 3.06. The molecule has 2 rings (SSSR count). The number of ether oxygens (including phenoxy) is 1. The molecule has 0 fully saturated rings. The molecule has 1 aliphatic rings. The van der Waals surface area contributed by atoms with Crippen molar-refractivity contribution in [3.8, 4) is 0 Å². The van der Waals surface area contributed by atoms with Gasteiger partial charge < -0.3 is 10.1 Å². The topological polar surface area (TPSA) is 75.7 Å². The summed E-state index contributed by atoms with van der Waals surface area (Å²) in [6.45, 7) is 0.161. The highest BCUT2D eigenvalue weighted by Gasteiger charge is 2.35. The second kappa shape index (κ2) is 4.34. The minimum atomic E-state index is -3.76. The molecule has 7 heteroatoms. The standard InChI is InChI=1S/C10H12N2O4S/c1-16-7-6-12-10(13)11-8-4-2-3-5-9(8)17(12,14)15/h2-5H,6-7H2,1H3,(H,11,13). The van der Waals surface area contributed by atoms with Crippen molar-refractivity contribution in [1.82, 2.24) is 4.31 Å². The number of para-hydroxylation sites is 1. The summed E-state index contributed by atoms with van der Waals surface area (Å²) >= 11 is 0. The maximum absolute atomic E-state index is 12.1. The van der Waals surface area contributed by atoms with Crippen molar-refractivity contribution >= 4 is 21.7 Å². The SMILES string of the molecule is COCCN1C(=O)Nc2ccccc2S1(=O)=O. The summed E-state index contributed by atoms with van der Waals surface area (Å²) in [5.74, 6) is 0. The second-order valence-electron chi connectivity index (χ2n) is 3.50. The van der Waals surface area contributed by atoms with E-state index in [4.69, 9.17) is 4.74 Å². The van der Waals surface area contributed by atoms with Crippen LogP contribution in [0.3, 0.4) is 0 Å². The normalized spacial score (nSPS) is 17.5. The van der Waals surface area contributed by atoms with Crippen LogP contribution in [-0.2, 0) is 14.8 Å². The molecule has 1 aromatic carbocycles. The molecule has 1 aromatic rings. The van der Waals surface area contributed by atoms with Gasteiger partial charge in [-0.05, 0) is 12.1 Å². The molecule has 1 heterocycles. The Morgan fingerprint density at radius 1 is 1.35 bits per heavy atom. The fraction of sp³-hybridized carbons (Fsp3) is 0.300. The van der Waals surface area contributed by atoms with Crippen molar-refractivity contribution in [3.63, 3.8) is 0 Å². The lowest BCUT2D eigenvalue weighted by Crippen LogP contribution is -2.45. The summed E-state index contributed by atoms with van der Waals surface area (Å²) < 4.78 is 29.8. The maximum Gasteiger partial charge on any atom is 0.335 e. The lowest BCUT2D eigenvalue weighted by Gasteiger charge is -2.28. The van der Waals surface area contributed by atoms with E-state index in [0.29, 0.717) is 5.69 Å². The van der Waals surface area contributed by atoms with Gasteiger partial charge >= 0.3 is 6.03 Å². The number of urea groups is 1. The largest absolute Gasteiger partial charge is 0.383 e. The van der Waals surface area contributed by atoms with Gasteiger partial charge in [-0.3, -0.25) is 0 Å². The number of carbonyl (C=O) groups excluding carboxylic acids is 1. The van der Waals surface area contributed by atoms with Crippen molar-refractivity contribution in [2.75, 3.05) is 25.6 Å². The van der Waals surface area contributed by atoms with Crippen LogP contribution in [-0.4, -0.2) is 39.0 Å². The smallest absolute Gasteiger partial charge is 0.335 e. The van der Waals surface area contributed by atoms with Gasteiger partial charge in [-0.25, -0.2) is 17.5 Å². The van der Waals surface area contributed by atoms with Crippen LogP contribution in [0.5, 0.6) is 0 Å². The van der Waals surface area contributed by atoms with Gasteiger partial charge in [0.15, 0.2) is 0 Å². The number of amides is 2. The summed E-state index contributed by atoms with van der Waals surface area (Å²) in [6, 6.07) is 5.64. The fourth-order valence-electron chi connectivity index (χ4n) is 1.60. The third-order valence-electron chi connectivity index (χ3n) is 2.42. The van der Waals surface area contributed by atoms with Crippen molar-refractivity contribution in [2.24, 2.45) is 0 Å². The second-order valence-corrected chi connectivity index (χ2v) is 5.33. The molecule has 92 valence electrons. The molecule has 0 saturated heterocycles. The van der Waals surface area contributed by atoms with E-state index in [9.17, 15) is 13.2 Å². The zero-order valence-corrected chi connectivity index (χ0v) is 10.0. The molecule has 17 heavy (non-hydrogen) atoms. The Balaban J connectivity index is 2.44. The van der Waals surface area contributed by atoms with Crippen LogP contribution in [0.25, 0.3) is 0 Å². The van der Waals surface area contributed by atoms with E-state index in [1.54, 1.807) is 18.2 Å². The molecule has 1 aliphatic heterocycles. The van der Waals surface area contributed by atoms with E-state index in [1.165, 1.54) is 13.2 Å². The average molecular weight is 256 g/mol. The molecule has 2 amide bonds. The molecular formula is C10H12N2O4S. The Kier molecular flexibility index (Phi) is 3.03. The van der Waals surface area contributed by atoms with Crippen LogP contribution in [0.1, 0.15) is 0 Å². The molecule has 0 radical (unpaired) electrons. The molecule has 0 unspecified atom stereocenters. The molecule has 0 aromatic heterocycles. The average Bonchev–Trinajstić information content (AvgIpc) is 2.28. The Morgan fingerprint density at radius 2 is 2.06 bits per heavy atom. The summed E-state index contributed by atoms with van der Waals surface area (Å²) in [5.41, 5.74) is 0.311. The molecule has 6 nitrogen and oxygen atoms in total. The van der Waals surface area contributed by atoms with Crippen LogP contribution >= 0.6 is 0 Å². The minimum absolute atomic E-state index is 0.000991. The number of benzene rings is 1. The highest BCUT2D eigenvalue weighted by molar-refractivity contribution is 7.90. The number of sulfonamides is 1. The molecule has 0 bridgehead atoms. The number of fused-ring (bicyclic) bond motifs is 1. The highest BCUT2D eigenvalue weighted by Crippen LogP contribution is 2.29. The van der Waals surface area contributed by atoms with E-state index >= 15 is 0 Å². The summed E-state index contributed by atoms with van der Waals surface area (Å²) in [6.07, 6.45) is 0. The van der Waals surface area contributed by atoms with Crippen molar-refractivity contribution in [2.45, 2.75) is 4.90 Å². The number of hydrogen-bond acceptors (Lipinski definition) is 4. The van der Waals surface area contributed by atoms with E-state index in [-0.39, 0.29) is 18.0 Å². The number of anilines is 1. The van der Waals surface area contributed by atoms with E-state index < -0.39 is 16.1 Å². The summed E-state index contributed by atoms with van der Waals surface area (Å²) in [7, 11) is -2.32. The number of carbonyl (C=O) groups is 1. The summed E-state index contributed by atoms with van der Waals surface area (Å²) in [4.78, 5) is 11.8. The zero-order valence-electron chi connectivity index (χ0n) is 9.21. The van der Waals surface area contributed by atoms with Gasteiger partial charge in [-0.15, -0.1) is 0 Å². The van der Waals surface area contributed by atoms with Gasteiger partial charge in [0.2, 0.25) is 0 Å². The summed E-state index contributed by atoms with van der Waals surface area (Å²) in [5, 5.41) is 2.53. The Bertz CT molecular complexity index is 541.